The van der Waals surface area contributed by atoms with E-state index in [1.54, 1.807) is 11.3 Å². The zero-order chi connectivity index (χ0) is 12.3. The highest BCUT2D eigenvalue weighted by molar-refractivity contribution is 7.15. The summed E-state index contributed by atoms with van der Waals surface area (Å²) in [5.74, 6) is 0. The molecule has 2 rings (SSSR count). The van der Waals surface area contributed by atoms with Crippen molar-refractivity contribution in [2.75, 3.05) is 6.54 Å². The van der Waals surface area contributed by atoms with Crippen molar-refractivity contribution in [1.82, 2.24) is 14.7 Å². The summed E-state index contributed by atoms with van der Waals surface area (Å²) in [7, 11) is 0. The number of hydrogen-bond acceptors (Lipinski definition) is 3. The Morgan fingerprint density at radius 3 is 3.06 bits per heavy atom. The molecule has 3 nitrogen and oxygen atoms in total. The molecule has 17 heavy (non-hydrogen) atoms. The Hall–Kier alpha value is -0.580. The standard InChI is InChI=1S/C12H18ClN3S/c1-3-4-5-6-14-7-10-11(13)15-12-16(10)9(2)8-17-12/h8,14H,3-7H2,1-2H3. The predicted molar refractivity (Wildman–Crippen MR) is 74.0 cm³/mol. The van der Waals surface area contributed by atoms with Crippen LogP contribution in [-0.4, -0.2) is 15.9 Å². The van der Waals surface area contributed by atoms with E-state index in [1.807, 2.05) is 0 Å². The maximum absolute atomic E-state index is 6.16. The lowest BCUT2D eigenvalue weighted by Gasteiger charge is -2.04. The lowest BCUT2D eigenvalue weighted by atomic mass is 10.2. The molecule has 0 aliphatic carbocycles. The first-order chi connectivity index (χ1) is 8.24. The van der Waals surface area contributed by atoms with Gasteiger partial charge in [-0.15, -0.1) is 11.3 Å². The van der Waals surface area contributed by atoms with Gasteiger partial charge in [-0.05, 0) is 19.9 Å². The molecule has 0 saturated carbocycles. The maximum atomic E-state index is 6.16. The third-order valence-electron chi connectivity index (χ3n) is 2.83. The highest BCUT2D eigenvalue weighted by atomic mass is 35.5. The van der Waals surface area contributed by atoms with Crippen molar-refractivity contribution in [1.29, 1.82) is 0 Å². The molecular weight excluding hydrogens is 254 g/mol. The second-order valence-corrected chi connectivity index (χ2v) is 5.42. The van der Waals surface area contributed by atoms with Gasteiger partial charge in [0.05, 0.1) is 5.69 Å². The lowest BCUT2D eigenvalue weighted by Crippen LogP contribution is -2.16. The molecule has 0 aromatic carbocycles. The first-order valence-corrected chi connectivity index (χ1v) is 7.31. The van der Waals surface area contributed by atoms with E-state index in [9.17, 15) is 0 Å². The number of hydrogen-bond donors (Lipinski definition) is 1. The molecule has 94 valence electrons. The molecule has 2 aromatic rings. The van der Waals surface area contributed by atoms with Crippen molar-refractivity contribution < 1.29 is 0 Å². The van der Waals surface area contributed by atoms with E-state index in [-0.39, 0.29) is 0 Å². The van der Waals surface area contributed by atoms with Gasteiger partial charge in [-0.1, -0.05) is 31.4 Å². The van der Waals surface area contributed by atoms with Gasteiger partial charge in [-0.25, -0.2) is 4.98 Å². The summed E-state index contributed by atoms with van der Waals surface area (Å²) in [6.45, 7) is 6.13. The summed E-state index contributed by atoms with van der Waals surface area (Å²) in [6, 6.07) is 0. The molecule has 0 bridgehead atoms. The summed E-state index contributed by atoms with van der Waals surface area (Å²) < 4.78 is 2.14. The largest absolute Gasteiger partial charge is 0.311 e. The van der Waals surface area contributed by atoms with Gasteiger partial charge in [-0.3, -0.25) is 4.40 Å². The third-order valence-corrected chi connectivity index (χ3v) is 4.08. The van der Waals surface area contributed by atoms with Gasteiger partial charge >= 0.3 is 0 Å². The van der Waals surface area contributed by atoms with E-state index in [0.717, 1.165) is 23.7 Å². The fourth-order valence-electron chi connectivity index (χ4n) is 1.90. The monoisotopic (exact) mass is 271 g/mol. The molecule has 0 spiro atoms. The van der Waals surface area contributed by atoms with E-state index in [4.69, 9.17) is 11.6 Å². The zero-order valence-electron chi connectivity index (χ0n) is 10.3. The van der Waals surface area contributed by atoms with E-state index in [0.29, 0.717) is 5.15 Å². The third kappa shape index (κ3) is 2.81. The minimum absolute atomic E-state index is 0.628. The molecule has 5 heteroatoms. The Labute approximate surface area is 111 Å². The van der Waals surface area contributed by atoms with Crippen LogP contribution in [0.2, 0.25) is 5.15 Å². The topological polar surface area (TPSA) is 29.3 Å². The number of unbranched alkanes of at least 4 members (excludes halogenated alkanes) is 2. The van der Waals surface area contributed by atoms with Gasteiger partial charge in [0.25, 0.3) is 0 Å². The second-order valence-electron chi connectivity index (χ2n) is 4.23. The van der Waals surface area contributed by atoms with Crippen molar-refractivity contribution in [2.45, 2.75) is 39.7 Å². The van der Waals surface area contributed by atoms with Crippen LogP contribution in [0.25, 0.3) is 4.96 Å². The molecule has 0 saturated heterocycles. The Kier molecular flexibility index (Phi) is 4.42. The fraction of sp³-hybridized carbons (Fsp3) is 0.583. The van der Waals surface area contributed by atoms with Gasteiger partial charge in [-0.2, -0.15) is 0 Å². The van der Waals surface area contributed by atoms with Crippen LogP contribution in [-0.2, 0) is 6.54 Å². The minimum atomic E-state index is 0.628. The maximum Gasteiger partial charge on any atom is 0.195 e. The molecule has 0 amide bonds. The summed E-state index contributed by atoms with van der Waals surface area (Å²) in [5.41, 5.74) is 2.28. The van der Waals surface area contributed by atoms with Crippen LogP contribution >= 0.6 is 22.9 Å². The van der Waals surface area contributed by atoms with Crippen LogP contribution in [0.1, 0.15) is 37.6 Å². The zero-order valence-corrected chi connectivity index (χ0v) is 11.9. The van der Waals surface area contributed by atoms with E-state index >= 15 is 0 Å². The molecule has 0 fully saturated rings. The molecule has 1 N–H and O–H groups in total. The number of rotatable bonds is 6. The van der Waals surface area contributed by atoms with Crippen molar-refractivity contribution in [3.05, 3.63) is 21.9 Å². The average molecular weight is 272 g/mol. The number of nitrogens with zero attached hydrogens (tertiary/aromatic N) is 2. The molecule has 0 atom stereocenters. The Bertz CT molecular complexity index is 489. The first-order valence-electron chi connectivity index (χ1n) is 6.05. The van der Waals surface area contributed by atoms with Gasteiger partial charge in [0.1, 0.15) is 0 Å². The van der Waals surface area contributed by atoms with Crippen LogP contribution in [0.4, 0.5) is 0 Å². The highest BCUT2D eigenvalue weighted by Crippen LogP contribution is 2.23. The van der Waals surface area contributed by atoms with Gasteiger partial charge < -0.3 is 5.32 Å². The number of fused-ring (bicyclic) bond motifs is 1. The fourth-order valence-corrected chi connectivity index (χ4v) is 3.06. The van der Waals surface area contributed by atoms with E-state index in [2.05, 4.69) is 33.9 Å². The minimum Gasteiger partial charge on any atom is -0.311 e. The molecule has 0 aliphatic heterocycles. The Morgan fingerprint density at radius 2 is 2.29 bits per heavy atom. The van der Waals surface area contributed by atoms with Gasteiger partial charge in [0, 0.05) is 17.6 Å². The number of halogens is 1. The summed E-state index contributed by atoms with van der Waals surface area (Å²) in [4.78, 5) is 5.34. The lowest BCUT2D eigenvalue weighted by molar-refractivity contribution is 0.608. The second kappa shape index (κ2) is 5.85. The Balaban J connectivity index is 2.02. The number of aryl methyl sites for hydroxylation is 1. The van der Waals surface area contributed by atoms with Crippen LogP contribution in [0.5, 0.6) is 0 Å². The van der Waals surface area contributed by atoms with Gasteiger partial charge in [0.2, 0.25) is 0 Å². The van der Waals surface area contributed by atoms with Crippen molar-refractivity contribution in [3.8, 4) is 0 Å². The van der Waals surface area contributed by atoms with Crippen LogP contribution < -0.4 is 5.32 Å². The molecular formula is C12H18ClN3S. The van der Waals surface area contributed by atoms with Crippen molar-refractivity contribution in [2.24, 2.45) is 0 Å². The SMILES string of the molecule is CCCCCNCc1c(Cl)nc2scc(C)n12. The molecule has 0 unspecified atom stereocenters. The Morgan fingerprint density at radius 1 is 1.47 bits per heavy atom. The van der Waals surface area contributed by atoms with Crippen LogP contribution in [0, 0.1) is 6.92 Å². The van der Waals surface area contributed by atoms with Crippen molar-refractivity contribution >= 4 is 27.9 Å². The average Bonchev–Trinajstić information content (AvgIpc) is 2.80. The molecule has 2 aromatic heterocycles. The molecule has 2 heterocycles. The van der Waals surface area contributed by atoms with Crippen LogP contribution in [0.15, 0.2) is 5.38 Å². The quantitative estimate of drug-likeness (QED) is 0.813. The number of nitrogens with one attached hydrogen (secondary N) is 1. The van der Waals surface area contributed by atoms with E-state index < -0.39 is 0 Å². The van der Waals surface area contributed by atoms with E-state index in [1.165, 1.54) is 25.0 Å². The predicted octanol–water partition coefficient (Wildman–Crippen LogP) is 3.64. The molecule has 0 aliphatic rings. The number of aromatic nitrogens is 2. The number of thiazole rings is 1. The van der Waals surface area contributed by atoms with Gasteiger partial charge in [0.15, 0.2) is 10.1 Å². The van der Waals surface area contributed by atoms with Crippen molar-refractivity contribution in [3.63, 3.8) is 0 Å². The highest BCUT2D eigenvalue weighted by Gasteiger charge is 2.12. The summed E-state index contributed by atoms with van der Waals surface area (Å²) >= 11 is 7.79. The number of imidazole rings is 1. The molecule has 0 radical (unpaired) electrons. The van der Waals surface area contributed by atoms with Crippen LogP contribution in [0.3, 0.4) is 0 Å². The summed E-state index contributed by atoms with van der Waals surface area (Å²) in [6.07, 6.45) is 3.75. The smallest absolute Gasteiger partial charge is 0.195 e. The normalized spacial score (nSPS) is 11.5. The first kappa shape index (κ1) is 12.9. The summed E-state index contributed by atoms with van der Waals surface area (Å²) in [5, 5.41) is 6.17.